The van der Waals surface area contributed by atoms with Gasteiger partial charge >= 0.3 is 0 Å². The molecule has 0 fully saturated rings. The Kier molecular flexibility index (Phi) is 4.60. The van der Waals surface area contributed by atoms with Crippen LogP contribution >= 0.6 is 0 Å². The maximum atomic E-state index is 13.3. The van der Waals surface area contributed by atoms with Crippen molar-refractivity contribution in [1.29, 1.82) is 0 Å². The molecular weight excluding hydrogens is 372 g/mol. The standard InChI is InChI=1S/C18H15F2N5O3/c19-12-2-1-10(5-13(12)20)8-25-4-3-14(24-25)17(27)22-15-9-28-18-11(6-16(15)26)7-21-23-18/h1-5,7,15H,6,8-9H2,(H,21,23)(H,22,27)/t15-/m0/s1. The smallest absolute Gasteiger partial charge is 0.272 e. The predicted octanol–water partition coefficient (Wildman–Crippen LogP) is 1.24. The van der Waals surface area contributed by atoms with Crippen LogP contribution in [0, 0.1) is 11.6 Å². The summed E-state index contributed by atoms with van der Waals surface area (Å²) in [7, 11) is 0. The lowest BCUT2D eigenvalue weighted by Crippen LogP contribution is -2.44. The average molecular weight is 387 g/mol. The number of ether oxygens (including phenoxy) is 1. The van der Waals surface area contributed by atoms with E-state index in [1.807, 2.05) is 0 Å². The van der Waals surface area contributed by atoms with Crippen LogP contribution in [-0.2, 0) is 17.8 Å². The number of amides is 1. The number of carbonyl (C=O) groups excluding carboxylic acids is 2. The number of nitrogens with zero attached hydrogens (tertiary/aromatic N) is 3. The number of benzene rings is 1. The summed E-state index contributed by atoms with van der Waals surface area (Å²) in [6, 6.07) is 4.20. The van der Waals surface area contributed by atoms with Crippen LogP contribution in [0.5, 0.6) is 5.88 Å². The normalized spacial score (nSPS) is 16.2. The Morgan fingerprint density at radius 1 is 1.32 bits per heavy atom. The molecule has 0 radical (unpaired) electrons. The van der Waals surface area contributed by atoms with E-state index in [-0.39, 0.29) is 31.0 Å². The zero-order valence-corrected chi connectivity index (χ0v) is 14.5. The van der Waals surface area contributed by atoms with E-state index in [0.29, 0.717) is 17.0 Å². The molecule has 28 heavy (non-hydrogen) atoms. The van der Waals surface area contributed by atoms with Gasteiger partial charge in [0.2, 0.25) is 5.88 Å². The van der Waals surface area contributed by atoms with E-state index >= 15 is 0 Å². The van der Waals surface area contributed by atoms with Crippen LogP contribution < -0.4 is 10.1 Å². The van der Waals surface area contributed by atoms with Gasteiger partial charge in [-0.05, 0) is 23.8 Å². The third kappa shape index (κ3) is 3.61. The molecule has 1 aliphatic heterocycles. The minimum absolute atomic E-state index is 0.0185. The lowest BCUT2D eigenvalue weighted by Gasteiger charge is -2.14. The lowest BCUT2D eigenvalue weighted by molar-refractivity contribution is -0.120. The number of ketones is 1. The van der Waals surface area contributed by atoms with Gasteiger partial charge in [0.1, 0.15) is 18.3 Å². The number of hydrogen-bond donors (Lipinski definition) is 2. The van der Waals surface area contributed by atoms with Gasteiger partial charge in [-0.2, -0.15) is 10.2 Å². The summed E-state index contributed by atoms with van der Waals surface area (Å²) in [5, 5.41) is 13.2. The molecule has 0 aliphatic carbocycles. The molecule has 0 unspecified atom stereocenters. The quantitative estimate of drug-likeness (QED) is 0.701. The Morgan fingerprint density at radius 2 is 2.18 bits per heavy atom. The summed E-state index contributed by atoms with van der Waals surface area (Å²) in [6.07, 6.45) is 3.15. The van der Waals surface area contributed by atoms with E-state index in [2.05, 4.69) is 20.6 Å². The predicted molar refractivity (Wildman–Crippen MR) is 91.7 cm³/mol. The molecule has 0 saturated carbocycles. The number of aromatic amines is 1. The zero-order valence-electron chi connectivity index (χ0n) is 14.5. The van der Waals surface area contributed by atoms with Crippen LogP contribution in [0.1, 0.15) is 21.6 Å². The van der Waals surface area contributed by atoms with Gasteiger partial charge in [-0.3, -0.25) is 14.3 Å². The fraction of sp³-hybridized carbons (Fsp3) is 0.222. The van der Waals surface area contributed by atoms with Gasteiger partial charge in [0, 0.05) is 18.2 Å². The number of Topliss-reactive ketones (excluding diaryl/α,β-unsaturated/α-hetero) is 1. The molecule has 1 aliphatic rings. The Hall–Kier alpha value is -3.56. The molecule has 0 saturated heterocycles. The molecule has 1 aromatic carbocycles. The van der Waals surface area contributed by atoms with Gasteiger partial charge in [-0.15, -0.1) is 0 Å². The minimum atomic E-state index is -0.950. The van der Waals surface area contributed by atoms with E-state index in [4.69, 9.17) is 4.74 Å². The highest BCUT2D eigenvalue weighted by Gasteiger charge is 2.28. The second-order valence-electron chi connectivity index (χ2n) is 6.35. The second kappa shape index (κ2) is 7.22. The van der Waals surface area contributed by atoms with Crippen molar-refractivity contribution in [2.24, 2.45) is 0 Å². The summed E-state index contributed by atoms with van der Waals surface area (Å²) in [6.45, 7) is 0.146. The third-order valence-corrected chi connectivity index (χ3v) is 4.33. The van der Waals surface area contributed by atoms with Crippen LogP contribution in [0.3, 0.4) is 0 Å². The maximum Gasteiger partial charge on any atom is 0.272 e. The van der Waals surface area contributed by atoms with Crippen molar-refractivity contribution in [2.75, 3.05) is 6.61 Å². The van der Waals surface area contributed by atoms with Crippen LogP contribution in [0.4, 0.5) is 8.78 Å². The number of halogens is 2. The van der Waals surface area contributed by atoms with Crippen molar-refractivity contribution in [3.63, 3.8) is 0 Å². The molecule has 3 heterocycles. The summed E-state index contributed by atoms with van der Waals surface area (Å²) >= 11 is 0. The van der Waals surface area contributed by atoms with E-state index in [0.717, 1.165) is 12.1 Å². The first kappa shape index (κ1) is 17.8. The topological polar surface area (TPSA) is 102 Å². The van der Waals surface area contributed by atoms with Crippen molar-refractivity contribution in [1.82, 2.24) is 25.3 Å². The molecular formula is C18H15F2N5O3. The van der Waals surface area contributed by atoms with E-state index in [1.165, 1.54) is 29.2 Å². The summed E-state index contributed by atoms with van der Waals surface area (Å²) < 4.78 is 33.2. The van der Waals surface area contributed by atoms with E-state index < -0.39 is 23.6 Å². The molecule has 2 N–H and O–H groups in total. The monoisotopic (exact) mass is 387 g/mol. The van der Waals surface area contributed by atoms with Crippen LogP contribution in [-0.4, -0.2) is 44.3 Å². The fourth-order valence-electron chi connectivity index (χ4n) is 2.87. The van der Waals surface area contributed by atoms with Gasteiger partial charge in [0.25, 0.3) is 5.91 Å². The maximum absolute atomic E-state index is 13.3. The molecule has 10 heteroatoms. The van der Waals surface area contributed by atoms with Gasteiger partial charge in [-0.1, -0.05) is 6.07 Å². The van der Waals surface area contributed by atoms with Crippen molar-refractivity contribution < 1.29 is 23.1 Å². The highest BCUT2D eigenvalue weighted by Crippen LogP contribution is 2.19. The van der Waals surface area contributed by atoms with Crippen molar-refractivity contribution >= 4 is 11.7 Å². The lowest BCUT2D eigenvalue weighted by atomic mass is 10.1. The SMILES string of the molecule is O=C(N[C@H]1COc2[nH]ncc2CC1=O)c1ccn(Cc2ccc(F)c(F)c2)n1. The Morgan fingerprint density at radius 3 is 3.00 bits per heavy atom. The van der Waals surface area contributed by atoms with Crippen molar-refractivity contribution in [2.45, 2.75) is 19.0 Å². The summed E-state index contributed by atoms with van der Waals surface area (Å²) in [5.41, 5.74) is 1.23. The summed E-state index contributed by atoms with van der Waals surface area (Å²) in [5.74, 6) is -2.19. The largest absolute Gasteiger partial charge is 0.475 e. The number of H-pyrrole nitrogens is 1. The Balaban J connectivity index is 1.41. The third-order valence-electron chi connectivity index (χ3n) is 4.33. The molecule has 2 aromatic heterocycles. The zero-order chi connectivity index (χ0) is 19.7. The molecule has 1 amide bonds. The summed E-state index contributed by atoms with van der Waals surface area (Å²) in [4.78, 5) is 24.7. The molecule has 0 spiro atoms. The number of nitrogens with one attached hydrogen (secondary N) is 2. The minimum Gasteiger partial charge on any atom is -0.475 e. The van der Waals surface area contributed by atoms with Crippen molar-refractivity contribution in [3.05, 3.63) is 65.1 Å². The molecule has 3 aromatic rings. The van der Waals surface area contributed by atoms with E-state index in [9.17, 15) is 18.4 Å². The molecule has 4 rings (SSSR count). The highest BCUT2D eigenvalue weighted by molar-refractivity contribution is 5.97. The van der Waals surface area contributed by atoms with Crippen LogP contribution in [0.2, 0.25) is 0 Å². The molecule has 0 bridgehead atoms. The molecule has 8 nitrogen and oxygen atoms in total. The van der Waals surface area contributed by atoms with E-state index in [1.54, 1.807) is 0 Å². The average Bonchev–Trinajstić information content (AvgIpc) is 3.28. The first-order valence-corrected chi connectivity index (χ1v) is 8.45. The van der Waals surface area contributed by atoms with Crippen LogP contribution in [0.15, 0.2) is 36.7 Å². The highest BCUT2D eigenvalue weighted by atomic mass is 19.2. The first-order chi connectivity index (χ1) is 13.5. The Bertz CT molecular complexity index is 1050. The van der Waals surface area contributed by atoms with Crippen molar-refractivity contribution in [3.8, 4) is 5.88 Å². The number of fused-ring (bicyclic) bond motifs is 1. The van der Waals surface area contributed by atoms with Gasteiger partial charge in [0.15, 0.2) is 17.4 Å². The second-order valence-corrected chi connectivity index (χ2v) is 6.35. The van der Waals surface area contributed by atoms with Crippen LogP contribution in [0.25, 0.3) is 0 Å². The first-order valence-electron chi connectivity index (χ1n) is 8.45. The van der Waals surface area contributed by atoms with Gasteiger partial charge in [0.05, 0.1) is 12.7 Å². The molecule has 1 atom stereocenters. The number of hydrogen-bond acceptors (Lipinski definition) is 5. The number of rotatable bonds is 4. The Labute approximate surface area is 157 Å². The molecule has 144 valence electrons. The van der Waals surface area contributed by atoms with Gasteiger partial charge in [-0.25, -0.2) is 13.9 Å². The number of aromatic nitrogens is 4. The van der Waals surface area contributed by atoms with Gasteiger partial charge < -0.3 is 10.1 Å². The fourth-order valence-corrected chi connectivity index (χ4v) is 2.87. The number of carbonyl (C=O) groups is 2.